The van der Waals surface area contributed by atoms with Crippen molar-refractivity contribution in [1.29, 1.82) is 0 Å². The molecule has 2 N–H and O–H groups in total. The Bertz CT molecular complexity index is 798. The van der Waals surface area contributed by atoms with Gasteiger partial charge in [-0.05, 0) is 38.5 Å². The zero-order chi connectivity index (χ0) is 20.6. The number of alkyl carbamates (subject to hydrolysis) is 1. The number of nitrogens with one attached hydrogen (secondary N) is 1. The van der Waals surface area contributed by atoms with Gasteiger partial charge >= 0.3 is 12.1 Å². The van der Waals surface area contributed by atoms with Crippen molar-refractivity contribution in [2.24, 2.45) is 0 Å². The molecule has 2 aromatic carbocycles. The maximum atomic E-state index is 11.6. The van der Waals surface area contributed by atoms with E-state index in [2.05, 4.69) is 5.32 Å². The minimum Gasteiger partial charge on any atom is -0.492 e. The lowest BCUT2D eigenvalue weighted by molar-refractivity contribution is 0.0519. The van der Waals surface area contributed by atoms with Crippen molar-refractivity contribution >= 4 is 12.1 Å². The van der Waals surface area contributed by atoms with Crippen LogP contribution in [0.2, 0.25) is 0 Å². The summed E-state index contributed by atoms with van der Waals surface area (Å²) in [6.45, 7) is 6.03. The van der Waals surface area contributed by atoms with Gasteiger partial charge in [-0.3, -0.25) is 0 Å². The number of aromatic carboxylic acids is 1. The average Bonchev–Trinajstić information content (AvgIpc) is 2.63. The largest absolute Gasteiger partial charge is 0.492 e. The van der Waals surface area contributed by atoms with Gasteiger partial charge in [0.2, 0.25) is 0 Å². The summed E-state index contributed by atoms with van der Waals surface area (Å²) in [5.74, 6) is -0.422. The zero-order valence-electron chi connectivity index (χ0n) is 16.2. The molecule has 0 radical (unpaired) electrons. The summed E-state index contributed by atoms with van der Waals surface area (Å²) in [5, 5.41) is 11.9. The van der Waals surface area contributed by atoms with Crippen LogP contribution >= 0.6 is 0 Å². The van der Waals surface area contributed by atoms with Gasteiger partial charge in [0.25, 0.3) is 0 Å². The lowest BCUT2D eigenvalue weighted by Crippen LogP contribution is -2.34. The summed E-state index contributed by atoms with van der Waals surface area (Å²) in [7, 11) is 0. The van der Waals surface area contributed by atoms with Crippen LogP contribution in [0.15, 0.2) is 48.5 Å². The van der Waals surface area contributed by atoms with E-state index < -0.39 is 17.7 Å². The van der Waals surface area contributed by atoms with Gasteiger partial charge in [0.15, 0.2) is 0 Å². The van der Waals surface area contributed by atoms with Crippen molar-refractivity contribution in [2.45, 2.75) is 33.0 Å². The van der Waals surface area contributed by atoms with E-state index >= 15 is 0 Å². The van der Waals surface area contributed by atoms with Gasteiger partial charge in [-0.2, -0.15) is 0 Å². The van der Waals surface area contributed by atoms with Gasteiger partial charge in [0, 0.05) is 6.07 Å². The van der Waals surface area contributed by atoms with Crippen molar-refractivity contribution in [3.8, 4) is 11.5 Å². The van der Waals surface area contributed by atoms with E-state index in [1.165, 1.54) is 12.1 Å². The summed E-state index contributed by atoms with van der Waals surface area (Å²) in [6.07, 6.45) is -0.524. The first-order chi connectivity index (χ1) is 13.2. The second-order valence-corrected chi connectivity index (χ2v) is 7.01. The van der Waals surface area contributed by atoms with Crippen LogP contribution in [0, 0.1) is 0 Å². The van der Waals surface area contributed by atoms with Gasteiger partial charge in [0.05, 0.1) is 6.54 Å². The van der Waals surface area contributed by atoms with E-state index in [0.717, 1.165) is 5.56 Å². The molecule has 0 saturated carbocycles. The molecule has 7 heteroatoms. The molecular formula is C21H25NO6. The van der Waals surface area contributed by atoms with Gasteiger partial charge in [-0.1, -0.05) is 30.3 Å². The van der Waals surface area contributed by atoms with Crippen molar-refractivity contribution < 1.29 is 28.9 Å². The Morgan fingerprint density at radius 2 is 1.75 bits per heavy atom. The first-order valence-electron chi connectivity index (χ1n) is 8.88. The molecule has 0 aliphatic heterocycles. The smallest absolute Gasteiger partial charge is 0.407 e. The van der Waals surface area contributed by atoms with Crippen molar-refractivity contribution in [3.05, 3.63) is 59.7 Å². The molecule has 2 aromatic rings. The van der Waals surface area contributed by atoms with E-state index in [9.17, 15) is 14.7 Å². The Morgan fingerprint density at radius 1 is 1.04 bits per heavy atom. The molecule has 0 heterocycles. The number of hydrogen-bond donors (Lipinski definition) is 2. The quantitative estimate of drug-likeness (QED) is 0.668. The van der Waals surface area contributed by atoms with E-state index in [0.29, 0.717) is 5.75 Å². The van der Waals surface area contributed by atoms with Crippen molar-refractivity contribution in [3.63, 3.8) is 0 Å². The molecule has 1 amide bonds. The van der Waals surface area contributed by atoms with Crippen LogP contribution in [0.5, 0.6) is 11.5 Å². The van der Waals surface area contributed by atoms with Crippen LogP contribution in [0.4, 0.5) is 4.79 Å². The molecule has 150 valence electrons. The highest BCUT2D eigenvalue weighted by molar-refractivity contribution is 5.91. The summed E-state index contributed by atoms with van der Waals surface area (Å²) < 4.78 is 16.4. The molecule has 0 fully saturated rings. The monoisotopic (exact) mass is 387 g/mol. The number of carbonyl (C=O) groups is 2. The molecule has 0 aromatic heterocycles. The summed E-state index contributed by atoms with van der Waals surface area (Å²) in [5.41, 5.74) is 0.407. The Kier molecular flexibility index (Phi) is 7.26. The van der Waals surface area contributed by atoms with Crippen LogP contribution in [-0.4, -0.2) is 35.9 Å². The average molecular weight is 387 g/mol. The summed E-state index contributed by atoms with van der Waals surface area (Å²) >= 11 is 0. The number of carbonyl (C=O) groups excluding carboxylic acids is 1. The molecule has 0 saturated heterocycles. The van der Waals surface area contributed by atoms with Crippen LogP contribution in [0.3, 0.4) is 0 Å². The van der Waals surface area contributed by atoms with Gasteiger partial charge in [-0.15, -0.1) is 0 Å². The Balaban J connectivity index is 1.92. The third kappa shape index (κ3) is 7.19. The molecule has 0 atom stereocenters. The minimum atomic E-state index is -1.08. The third-order valence-corrected chi connectivity index (χ3v) is 3.46. The predicted octanol–water partition coefficient (Wildman–Crippen LogP) is 3.87. The van der Waals surface area contributed by atoms with Crippen LogP contribution in [0.25, 0.3) is 0 Å². The van der Waals surface area contributed by atoms with E-state index in [1.807, 2.05) is 30.3 Å². The van der Waals surface area contributed by atoms with Crippen molar-refractivity contribution in [1.82, 2.24) is 5.32 Å². The molecule has 0 unspecified atom stereocenters. The van der Waals surface area contributed by atoms with Crippen LogP contribution < -0.4 is 14.8 Å². The molecule has 2 rings (SSSR count). The Hall–Kier alpha value is -3.22. The second kappa shape index (κ2) is 9.64. The molecule has 7 nitrogen and oxygen atoms in total. The van der Waals surface area contributed by atoms with Gasteiger partial charge in [0.1, 0.15) is 35.9 Å². The fraction of sp³-hybridized carbons (Fsp3) is 0.333. The van der Waals surface area contributed by atoms with E-state index in [1.54, 1.807) is 26.8 Å². The molecule has 0 aliphatic rings. The predicted molar refractivity (Wildman–Crippen MR) is 104 cm³/mol. The van der Waals surface area contributed by atoms with E-state index in [-0.39, 0.29) is 31.1 Å². The molecule has 0 bridgehead atoms. The van der Waals surface area contributed by atoms with E-state index in [4.69, 9.17) is 14.2 Å². The molecule has 0 spiro atoms. The number of rotatable bonds is 8. The summed E-state index contributed by atoms with van der Waals surface area (Å²) in [4.78, 5) is 23.0. The Morgan fingerprint density at radius 3 is 2.39 bits per heavy atom. The molecule has 28 heavy (non-hydrogen) atoms. The fourth-order valence-electron chi connectivity index (χ4n) is 2.26. The number of ether oxygens (including phenoxy) is 3. The number of hydrogen-bond acceptors (Lipinski definition) is 5. The normalized spacial score (nSPS) is 10.8. The maximum Gasteiger partial charge on any atom is 0.407 e. The topological polar surface area (TPSA) is 94.1 Å². The standard InChI is InChI=1S/C21H25NO6/c1-21(2,3)28-20(25)22-11-12-26-16-9-10-17(19(23)24)18(13-16)27-14-15-7-5-4-6-8-15/h4-10,13H,11-12,14H2,1-3H3,(H,22,25)(H,23,24). The highest BCUT2D eigenvalue weighted by Crippen LogP contribution is 2.26. The SMILES string of the molecule is CC(C)(C)OC(=O)NCCOc1ccc(C(=O)O)c(OCc2ccccc2)c1. The molecule has 0 aliphatic carbocycles. The lowest BCUT2D eigenvalue weighted by Gasteiger charge is -2.19. The second-order valence-electron chi connectivity index (χ2n) is 7.01. The summed E-state index contributed by atoms with van der Waals surface area (Å²) in [6, 6.07) is 14.0. The highest BCUT2D eigenvalue weighted by atomic mass is 16.6. The lowest BCUT2D eigenvalue weighted by atomic mass is 10.2. The van der Waals surface area contributed by atoms with Crippen LogP contribution in [-0.2, 0) is 11.3 Å². The number of amides is 1. The number of benzene rings is 2. The Labute approximate surface area is 164 Å². The van der Waals surface area contributed by atoms with Gasteiger partial charge < -0.3 is 24.6 Å². The third-order valence-electron chi connectivity index (χ3n) is 3.46. The fourth-order valence-corrected chi connectivity index (χ4v) is 2.26. The van der Waals surface area contributed by atoms with Crippen LogP contribution in [0.1, 0.15) is 36.7 Å². The van der Waals surface area contributed by atoms with Crippen molar-refractivity contribution in [2.75, 3.05) is 13.2 Å². The molecular weight excluding hydrogens is 362 g/mol. The van der Waals surface area contributed by atoms with Gasteiger partial charge in [-0.25, -0.2) is 9.59 Å². The first-order valence-corrected chi connectivity index (χ1v) is 8.88. The zero-order valence-corrected chi connectivity index (χ0v) is 16.2. The number of carboxylic acids is 1. The maximum absolute atomic E-state index is 11.6. The first kappa shape index (κ1) is 21.1. The highest BCUT2D eigenvalue weighted by Gasteiger charge is 2.16. The number of carboxylic acid groups (broad SMARTS) is 1. The minimum absolute atomic E-state index is 0.0511.